The van der Waals surface area contributed by atoms with Crippen LogP contribution in [0.25, 0.3) is 11.1 Å². The summed E-state index contributed by atoms with van der Waals surface area (Å²) in [4.78, 5) is 11.2. The summed E-state index contributed by atoms with van der Waals surface area (Å²) in [6.07, 6.45) is 7.11. The Kier molecular flexibility index (Phi) is 8.01. The molecular weight excluding hydrogens is 538 g/mol. The van der Waals surface area contributed by atoms with E-state index >= 15 is 0 Å². The Hall–Kier alpha value is -3.96. The average molecular weight is 576 g/mol. The van der Waals surface area contributed by atoms with Gasteiger partial charge in [0.2, 0.25) is 5.95 Å². The van der Waals surface area contributed by atoms with Crippen LogP contribution >= 0.6 is 0 Å². The van der Waals surface area contributed by atoms with E-state index < -0.39 is 15.1 Å². The van der Waals surface area contributed by atoms with Crippen LogP contribution in [0.4, 0.5) is 23.1 Å². The molecule has 0 amide bonds. The molecule has 5 rings (SSSR count). The molecule has 41 heavy (non-hydrogen) atoms. The quantitative estimate of drug-likeness (QED) is 0.303. The molecule has 10 nitrogen and oxygen atoms in total. The number of hydrogen-bond donors (Lipinski definition) is 2. The maximum absolute atomic E-state index is 13.6. The van der Waals surface area contributed by atoms with E-state index in [4.69, 9.17) is 10.5 Å². The summed E-state index contributed by atoms with van der Waals surface area (Å²) in [6, 6.07) is 10.9. The lowest BCUT2D eigenvalue weighted by molar-refractivity contribution is 0.163. The van der Waals surface area contributed by atoms with Gasteiger partial charge in [-0.25, -0.2) is 13.4 Å². The summed E-state index contributed by atoms with van der Waals surface area (Å²) in [5, 5.41) is 7.12. The number of anilines is 4. The summed E-state index contributed by atoms with van der Waals surface area (Å²) in [5.41, 5.74) is 10.9. The fraction of sp³-hybridized carbons (Fsp3) is 0.367. The van der Waals surface area contributed by atoms with Crippen molar-refractivity contribution in [2.45, 2.75) is 56.8 Å². The van der Waals surface area contributed by atoms with Crippen molar-refractivity contribution in [2.75, 3.05) is 23.7 Å². The van der Waals surface area contributed by atoms with Crippen molar-refractivity contribution in [3.8, 4) is 16.9 Å². The predicted molar refractivity (Wildman–Crippen MR) is 162 cm³/mol. The number of nitrogens with zero attached hydrogens (tertiary/aromatic N) is 5. The number of sulfone groups is 1. The average Bonchev–Trinajstić information content (AvgIpc) is 3.38. The minimum Gasteiger partial charge on any atom is -0.488 e. The van der Waals surface area contributed by atoms with Gasteiger partial charge in [-0.2, -0.15) is 10.1 Å². The smallest absolute Gasteiger partial charge is 0.236 e. The van der Waals surface area contributed by atoms with Crippen molar-refractivity contribution in [2.24, 2.45) is 7.05 Å². The van der Waals surface area contributed by atoms with Crippen molar-refractivity contribution < 1.29 is 13.2 Å². The fourth-order valence-electron chi connectivity index (χ4n) is 4.94. The highest BCUT2D eigenvalue weighted by Crippen LogP contribution is 2.45. The molecule has 2 aromatic carbocycles. The molecule has 1 fully saturated rings. The number of aromatic nitrogens is 4. The van der Waals surface area contributed by atoms with Gasteiger partial charge in [-0.3, -0.25) is 9.58 Å². The Labute approximate surface area is 241 Å². The normalized spacial score (nSPS) is 14.4. The summed E-state index contributed by atoms with van der Waals surface area (Å²) in [6.45, 7) is 8.94. The van der Waals surface area contributed by atoms with Gasteiger partial charge in [0.25, 0.3) is 0 Å². The monoisotopic (exact) mass is 575 g/mol. The van der Waals surface area contributed by atoms with Crippen LogP contribution in [0, 0.1) is 13.8 Å². The third-order valence-electron chi connectivity index (χ3n) is 7.37. The molecular formula is C30H37N7O3S. The molecule has 0 radical (unpaired) electrons. The van der Waals surface area contributed by atoms with Gasteiger partial charge in [0.1, 0.15) is 17.7 Å². The van der Waals surface area contributed by atoms with Gasteiger partial charge in [-0.05, 0) is 89.0 Å². The van der Waals surface area contributed by atoms with Crippen molar-refractivity contribution >= 4 is 33.0 Å². The Balaban J connectivity index is 1.81. The second kappa shape index (κ2) is 11.5. The number of hydrogen-bond acceptors (Lipinski definition) is 9. The van der Waals surface area contributed by atoms with Crippen LogP contribution < -0.4 is 20.7 Å². The SMILES string of the molecule is Cc1cc(OC2CCNCC2)c(N(c2ncc(C)c(N)n2)c2ccccc2S(=O)(=O)C(C)C)cc1-c1cnn(C)c1. The molecule has 0 unspecified atom stereocenters. The van der Waals surface area contributed by atoms with E-state index in [9.17, 15) is 8.42 Å². The molecule has 2 aromatic heterocycles. The highest BCUT2D eigenvalue weighted by molar-refractivity contribution is 7.92. The summed E-state index contributed by atoms with van der Waals surface area (Å²) in [7, 11) is -1.81. The molecule has 1 aliphatic rings. The lowest BCUT2D eigenvalue weighted by Gasteiger charge is -2.31. The first-order valence-corrected chi connectivity index (χ1v) is 15.3. The third-order valence-corrected chi connectivity index (χ3v) is 9.57. The van der Waals surface area contributed by atoms with Crippen LogP contribution in [-0.4, -0.2) is 52.6 Å². The van der Waals surface area contributed by atoms with Gasteiger partial charge in [0.05, 0.1) is 27.7 Å². The largest absolute Gasteiger partial charge is 0.488 e. The zero-order valence-electron chi connectivity index (χ0n) is 24.1. The number of nitrogen functional groups attached to an aromatic ring is 1. The zero-order chi connectivity index (χ0) is 29.3. The van der Waals surface area contributed by atoms with Crippen LogP contribution in [0.2, 0.25) is 0 Å². The number of ether oxygens (including phenoxy) is 1. The summed E-state index contributed by atoms with van der Waals surface area (Å²) in [5.74, 6) is 1.17. The Morgan fingerprint density at radius 2 is 1.80 bits per heavy atom. The molecule has 216 valence electrons. The Morgan fingerprint density at radius 3 is 2.46 bits per heavy atom. The number of piperidine rings is 1. The second-order valence-corrected chi connectivity index (χ2v) is 13.2. The number of rotatable bonds is 8. The predicted octanol–water partition coefficient (Wildman–Crippen LogP) is 4.86. The van der Waals surface area contributed by atoms with Crippen molar-refractivity contribution in [3.63, 3.8) is 0 Å². The molecule has 3 N–H and O–H groups in total. The van der Waals surface area contributed by atoms with Gasteiger partial charge in [-0.15, -0.1) is 0 Å². The highest BCUT2D eigenvalue weighted by Gasteiger charge is 2.30. The molecule has 1 aliphatic heterocycles. The molecule has 1 saturated heterocycles. The van der Waals surface area contributed by atoms with Crippen molar-refractivity contribution in [1.82, 2.24) is 25.1 Å². The lowest BCUT2D eigenvalue weighted by Crippen LogP contribution is -2.34. The maximum atomic E-state index is 13.6. The highest BCUT2D eigenvalue weighted by atomic mass is 32.2. The second-order valence-electron chi connectivity index (χ2n) is 10.7. The first-order chi connectivity index (χ1) is 19.6. The van der Waals surface area contributed by atoms with Gasteiger partial charge >= 0.3 is 0 Å². The summed E-state index contributed by atoms with van der Waals surface area (Å²) < 4.78 is 35.7. The Bertz CT molecular complexity index is 1660. The molecule has 11 heteroatoms. The number of benzene rings is 2. The van der Waals surface area contributed by atoms with Gasteiger partial charge in [0.15, 0.2) is 9.84 Å². The number of nitrogens with two attached hydrogens (primary N) is 1. The Morgan fingerprint density at radius 1 is 1.07 bits per heavy atom. The van der Waals surface area contributed by atoms with E-state index in [1.165, 1.54) is 0 Å². The topological polar surface area (TPSA) is 128 Å². The van der Waals surface area contributed by atoms with Crippen LogP contribution in [0.5, 0.6) is 5.75 Å². The number of para-hydroxylation sites is 1. The maximum Gasteiger partial charge on any atom is 0.236 e. The third kappa shape index (κ3) is 5.77. The van der Waals surface area contributed by atoms with E-state index in [0.29, 0.717) is 22.9 Å². The van der Waals surface area contributed by atoms with Crippen LogP contribution in [-0.2, 0) is 16.9 Å². The van der Waals surface area contributed by atoms with Crippen molar-refractivity contribution in [3.05, 3.63) is 66.1 Å². The lowest BCUT2D eigenvalue weighted by atomic mass is 10.0. The van der Waals surface area contributed by atoms with E-state index in [1.54, 1.807) is 54.0 Å². The van der Waals surface area contributed by atoms with Gasteiger partial charge in [-0.1, -0.05) is 12.1 Å². The van der Waals surface area contributed by atoms with E-state index in [1.807, 2.05) is 45.3 Å². The number of aryl methyl sites for hydroxylation is 3. The minimum absolute atomic E-state index is 0.000798. The van der Waals surface area contributed by atoms with Crippen LogP contribution in [0.3, 0.4) is 0 Å². The summed E-state index contributed by atoms with van der Waals surface area (Å²) >= 11 is 0. The minimum atomic E-state index is -3.68. The van der Waals surface area contributed by atoms with E-state index in [-0.39, 0.29) is 16.9 Å². The molecule has 3 heterocycles. The van der Waals surface area contributed by atoms with Gasteiger partial charge in [0, 0.05) is 30.6 Å². The molecule has 0 aliphatic carbocycles. The zero-order valence-corrected chi connectivity index (χ0v) is 24.9. The van der Waals surface area contributed by atoms with Crippen molar-refractivity contribution in [1.29, 1.82) is 0 Å². The molecule has 0 spiro atoms. The first-order valence-electron chi connectivity index (χ1n) is 13.8. The van der Waals surface area contributed by atoms with E-state index in [0.717, 1.165) is 48.2 Å². The molecule has 0 bridgehead atoms. The number of nitrogens with one attached hydrogen (secondary N) is 1. The molecule has 0 saturated carbocycles. The fourth-order valence-corrected chi connectivity index (χ4v) is 6.17. The standard InChI is InChI=1S/C30H37N7O3S/c1-19(2)41(38,39)28-9-7-6-8-25(28)37(30-33-16-21(4)29(31)35-30)26-15-24(22-17-34-36(5)18-22)20(3)14-27(26)40-23-10-12-32-13-11-23/h6-9,14-19,23,32H,10-13H2,1-5H3,(H2,31,33,35). The van der Waals surface area contributed by atoms with E-state index in [2.05, 4.69) is 20.4 Å². The molecule has 0 atom stereocenters. The van der Waals surface area contributed by atoms with Gasteiger partial charge < -0.3 is 15.8 Å². The van der Waals surface area contributed by atoms with Crippen LogP contribution in [0.15, 0.2) is 59.9 Å². The van der Waals surface area contributed by atoms with Crippen LogP contribution in [0.1, 0.15) is 37.8 Å². The first kappa shape index (κ1) is 28.6. The molecule has 4 aromatic rings.